The van der Waals surface area contributed by atoms with E-state index in [1.165, 1.54) is 18.7 Å². The molecule has 2 rings (SSSR count). The Morgan fingerprint density at radius 2 is 2.17 bits per heavy atom. The largest absolute Gasteiger partial charge is 0.352 e. The quantitative estimate of drug-likeness (QED) is 0.591. The minimum absolute atomic E-state index is 0.0981. The van der Waals surface area contributed by atoms with E-state index in [1.54, 1.807) is 12.1 Å². The third kappa shape index (κ3) is 4.69. The topological polar surface area (TPSA) is 88.9 Å². The molecule has 2 N–H and O–H groups in total. The van der Waals surface area contributed by atoms with Crippen LogP contribution >= 0.6 is 11.8 Å². The maximum absolute atomic E-state index is 11.7. The second-order valence-corrected chi connectivity index (χ2v) is 5.92. The number of amides is 2. The molecule has 2 aromatic rings. The molecule has 0 bridgehead atoms. The molecule has 0 spiro atoms. The zero-order chi connectivity index (χ0) is 17.5. The van der Waals surface area contributed by atoms with E-state index in [0.717, 1.165) is 5.69 Å². The highest BCUT2D eigenvalue weighted by atomic mass is 32.2. The number of benzene rings is 1. The van der Waals surface area contributed by atoms with Gasteiger partial charge < -0.3 is 10.6 Å². The smallest absolute Gasteiger partial charge is 0.230 e. The normalized spacial score (nSPS) is 10.2. The number of aryl methyl sites for hydroxylation is 1. The minimum atomic E-state index is -0.138. The first-order valence-corrected chi connectivity index (χ1v) is 8.30. The number of nitrogens with one attached hydrogen (secondary N) is 2. The fourth-order valence-electron chi connectivity index (χ4n) is 2.03. The van der Waals surface area contributed by atoms with Crippen LogP contribution in [0.25, 0.3) is 5.69 Å². The van der Waals surface area contributed by atoms with Crippen LogP contribution in [-0.4, -0.2) is 38.9 Å². The van der Waals surface area contributed by atoms with Crippen molar-refractivity contribution in [2.45, 2.75) is 19.0 Å². The van der Waals surface area contributed by atoms with Crippen LogP contribution in [0.3, 0.4) is 0 Å². The van der Waals surface area contributed by atoms with E-state index < -0.39 is 0 Å². The average molecular weight is 345 g/mol. The summed E-state index contributed by atoms with van der Waals surface area (Å²) in [6, 6.07) is 7.37. The van der Waals surface area contributed by atoms with E-state index in [0.29, 0.717) is 23.2 Å². The van der Waals surface area contributed by atoms with Crippen molar-refractivity contribution >= 4 is 29.3 Å². The molecule has 0 saturated carbocycles. The zero-order valence-corrected chi connectivity index (χ0v) is 14.4. The molecule has 126 valence electrons. The lowest BCUT2D eigenvalue weighted by molar-refractivity contribution is -0.118. The number of carbonyl (C=O) groups excluding carboxylic acids is 2. The molecule has 24 heavy (non-hydrogen) atoms. The summed E-state index contributed by atoms with van der Waals surface area (Å²) in [5.41, 5.74) is 1.51. The van der Waals surface area contributed by atoms with Crippen LogP contribution in [0.15, 0.2) is 42.1 Å². The molecular weight excluding hydrogens is 326 g/mol. The first-order valence-electron chi connectivity index (χ1n) is 7.31. The molecule has 2 amide bonds. The number of carbonyl (C=O) groups is 2. The molecule has 1 heterocycles. The van der Waals surface area contributed by atoms with Crippen LogP contribution in [0.1, 0.15) is 12.7 Å². The number of rotatable bonds is 7. The first-order chi connectivity index (χ1) is 11.5. The van der Waals surface area contributed by atoms with Crippen molar-refractivity contribution in [3.63, 3.8) is 0 Å². The van der Waals surface area contributed by atoms with Gasteiger partial charge in [-0.25, -0.2) is 0 Å². The van der Waals surface area contributed by atoms with E-state index in [4.69, 9.17) is 0 Å². The lowest BCUT2D eigenvalue weighted by atomic mass is 10.2. The van der Waals surface area contributed by atoms with Gasteiger partial charge in [-0.15, -0.1) is 16.8 Å². The maximum Gasteiger partial charge on any atom is 0.230 e. The third-order valence-electron chi connectivity index (χ3n) is 3.00. The molecule has 0 aliphatic carbocycles. The lowest BCUT2D eigenvalue weighted by Crippen LogP contribution is -2.25. The van der Waals surface area contributed by atoms with Crippen molar-refractivity contribution in [2.75, 3.05) is 17.6 Å². The highest BCUT2D eigenvalue weighted by Gasteiger charge is 2.13. The van der Waals surface area contributed by atoms with Gasteiger partial charge in [-0.2, -0.15) is 0 Å². The highest BCUT2D eigenvalue weighted by molar-refractivity contribution is 7.99. The summed E-state index contributed by atoms with van der Waals surface area (Å²) in [7, 11) is 0. The zero-order valence-electron chi connectivity index (χ0n) is 13.6. The Morgan fingerprint density at radius 3 is 2.88 bits per heavy atom. The van der Waals surface area contributed by atoms with Gasteiger partial charge in [0, 0.05) is 19.2 Å². The van der Waals surface area contributed by atoms with Gasteiger partial charge in [0.15, 0.2) is 5.16 Å². The molecule has 0 unspecified atom stereocenters. The van der Waals surface area contributed by atoms with Crippen molar-refractivity contribution in [1.82, 2.24) is 20.1 Å². The van der Waals surface area contributed by atoms with Crippen molar-refractivity contribution in [1.29, 1.82) is 0 Å². The van der Waals surface area contributed by atoms with Crippen molar-refractivity contribution in [2.24, 2.45) is 0 Å². The molecular formula is C16H19N5O2S. The first kappa shape index (κ1) is 17.7. The van der Waals surface area contributed by atoms with E-state index in [9.17, 15) is 9.59 Å². The Kier molecular flexibility index (Phi) is 6.14. The van der Waals surface area contributed by atoms with Gasteiger partial charge in [0.25, 0.3) is 0 Å². The van der Waals surface area contributed by atoms with Gasteiger partial charge >= 0.3 is 0 Å². The SMILES string of the molecule is C=CCNC(=O)CSc1nnc(C)n1-c1cccc(NC(C)=O)c1. The molecule has 8 heteroatoms. The summed E-state index contributed by atoms with van der Waals surface area (Å²) in [5, 5.41) is 14.3. The summed E-state index contributed by atoms with van der Waals surface area (Å²) >= 11 is 1.30. The number of hydrogen-bond acceptors (Lipinski definition) is 5. The van der Waals surface area contributed by atoms with E-state index >= 15 is 0 Å². The summed E-state index contributed by atoms with van der Waals surface area (Å²) in [5.74, 6) is 0.696. The van der Waals surface area contributed by atoms with Crippen LogP contribution in [0, 0.1) is 6.92 Å². The van der Waals surface area contributed by atoms with Crippen LogP contribution in [0.4, 0.5) is 5.69 Å². The second kappa shape index (κ2) is 8.30. The number of thioether (sulfide) groups is 1. The summed E-state index contributed by atoms with van der Waals surface area (Å²) in [6.45, 7) is 7.28. The predicted octanol–water partition coefficient (Wildman–Crippen LogP) is 1.93. The fraction of sp³-hybridized carbons (Fsp3) is 0.250. The van der Waals surface area contributed by atoms with E-state index in [2.05, 4.69) is 27.4 Å². The van der Waals surface area contributed by atoms with Crippen LogP contribution in [-0.2, 0) is 9.59 Å². The van der Waals surface area contributed by atoms with Crippen molar-refractivity contribution in [3.8, 4) is 5.69 Å². The Labute approximate surface area is 144 Å². The van der Waals surface area contributed by atoms with E-state index in [1.807, 2.05) is 29.7 Å². The van der Waals surface area contributed by atoms with Gasteiger partial charge in [0.1, 0.15) is 5.82 Å². The monoisotopic (exact) mass is 345 g/mol. The van der Waals surface area contributed by atoms with Gasteiger partial charge in [-0.3, -0.25) is 14.2 Å². The summed E-state index contributed by atoms with van der Waals surface area (Å²) in [4.78, 5) is 22.9. The summed E-state index contributed by atoms with van der Waals surface area (Å²) in [6.07, 6.45) is 1.63. The van der Waals surface area contributed by atoms with Crippen LogP contribution in [0.5, 0.6) is 0 Å². The molecule has 1 aromatic carbocycles. The van der Waals surface area contributed by atoms with Gasteiger partial charge in [0.2, 0.25) is 11.8 Å². The molecule has 0 aliphatic heterocycles. The Hall–Kier alpha value is -2.61. The Morgan fingerprint density at radius 1 is 1.38 bits per heavy atom. The number of hydrogen-bond donors (Lipinski definition) is 2. The molecule has 0 fully saturated rings. The van der Waals surface area contributed by atoms with Gasteiger partial charge in [-0.05, 0) is 25.1 Å². The molecule has 0 saturated heterocycles. The second-order valence-electron chi connectivity index (χ2n) is 4.98. The highest BCUT2D eigenvalue weighted by Crippen LogP contribution is 2.23. The van der Waals surface area contributed by atoms with Crippen molar-refractivity contribution < 1.29 is 9.59 Å². The number of nitrogens with zero attached hydrogens (tertiary/aromatic N) is 3. The standard InChI is InChI=1S/C16H19N5O2S/c1-4-8-17-15(23)10-24-16-20-19-11(2)21(16)14-7-5-6-13(9-14)18-12(3)22/h4-7,9H,1,8,10H2,2-3H3,(H,17,23)(H,18,22). The predicted molar refractivity (Wildman–Crippen MR) is 94.3 cm³/mol. The van der Waals surface area contributed by atoms with Gasteiger partial charge in [0.05, 0.1) is 11.4 Å². The maximum atomic E-state index is 11.7. The Bertz CT molecular complexity index is 757. The van der Waals surface area contributed by atoms with Crippen molar-refractivity contribution in [3.05, 3.63) is 42.7 Å². The van der Waals surface area contributed by atoms with Gasteiger partial charge in [-0.1, -0.05) is 23.9 Å². The minimum Gasteiger partial charge on any atom is -0.352 e. The van der Waals surface area contributed by atoms with E-state index in [-0.39, 0.29) is 17.6 Å². The average Bonchev–Trinajstić information content (AvgIpc) is 2.91. The molecule has 1 aromatic heterocycles. The van der Waals surface area contributed by atoms with Crippen LogP contribution in [0.2, 0.25) is 0 Å². The molecule has 0 atom stereocenters. The van der Waals surface area contributed by atoms with Crippen LogP contribution < -0.4 is 10.6 Å². The lowest BCUT2D eigenvalue weighted by Gasteiger charge is -2.10. The molecule has 7 nitrogen and oxygen atoms in total. The summed E-state index contributed by atoms with van der Waals surface area (Å²) < 4.78 is 1.84. The molecule has 0 aliphatic rings. The third-order valence-corrected chi connectivity index (χ3v) is 3.92. The number of aromatic nitrogens is 3. The molecule has 0 radical (unpaired) electrons. The fourth-order valence-corrected chi connectivity index (χ4v) is 2.85. The number of anilines is 1. The Balaban J connectivity index is 2.19.